The van der Waals surface area contributed by atoms with Crippen molar-refractivity contribution in [3.8, 4) is 6.07 Å². The lowest BCUT2D eigenvalue weighted by Gasteiger charge is -2.27. The fourth-order valence-corrected chi connectivity index (χ4v) is 2.49. The smallest absolute Gasteiger partial charge is 0.228 e. The van der Waals surface area contributed by atoms with Crippen molar-refractivity contribution in [2.45, 2.75) is 12.8 Å². The van der Waals surface area contributed by atoms with Gasteiger partial charge in [0.1, 0.15) is 5.01 Å². The summed E-state index contributed by atoms with van der Waals surface area (Å²) in [4.78, 5) is 18.1. The van der Waals surface area contributed by atoms with Crippen LogP contribution in [0, 0.1) is 11.3 Å². The molecule has 1 aliphatic heterocycles. The van der Waals surface area contributed by atoms with Crippen LogP contribution < -0.4 is 5.32 Å². The van der Waals surface area contributed by atoms with E-state index in [9.17, 15) is 4.79 Å². The molecule has 1 N–H and O–H groups in total. The molecule has 0 aliphatic carbocycles. The van der Waals surface area contributed by atoms with Gasteiger partial charge >= 0.3 is 0 Å². The number of hydrogen-bond acceptors (Lipinski definition) is 5. The van der Waals surface area contributed by atoms with E-state index in [1.165, 1.54) is 11.3 Å². The highest BCUT2D eigenvalue weighted by Gasteiger charge is 2.17. The lowest BCUT2D eigenvalue weighted by molar-refractivity contribution is -0.131. The topological polar surface area (TPSA) is 69.0 Å². The van der Waals surface area contributed by atoms with E-state index in [1.54, 1.807) is 0 Å². The van der Waals surface area contributed by atoms with Gasteiger partial charge < -0.3 is 10.2 Å². The summed E-state index contributed by atoms with van der Waals surface area (Å²) in [5.41, 5.74) is 0.781. The van der Waals surface area contributed by atoms with E-state index in [2.05, 4.69) is 16.4 Å². The third-order valence-electron chi connectivity index (χ3n) is 2.63. The Labute approximate surface area is 104 Å². The largest absolute Gasteiger partial charge is 0.340 e. The van der Waals surface area contributed by atoms with Crippen LogP contribution in [0.1, 0.15) is 10.7 Å². The van der Waals surface area contributed by atoms with Crippen molar-refractivity contribution in [1.29, 1.82) is 5.26 Å². The number of hydrogen-bond donors (Lipinski definition) is 1. The van der Waals surface area contributed by atoms with Crippen molar-refractivity contribution >= 4 is 17.2 Å². The summed E-state index contributed by atoms with van der Waals surface area (Å²) < 4.78 is 0. The second kappa shape index (κ2) is 5.75. The first-order valence-electron chi connectivity index (χ1n) is 5.58. The van der Waals surface area contributed by atoms with Gasteiger partial charge in [-0.3, -0.25) is 4.79 Å². The molecule has 1 aliphatic rings. The second-order valence-corrected chi connectivity index (χ2v) is 4.82. The molecule has 1 aromatic heterocycles. The zero-order chi connectivity index (χ0) is 12.1. The minimum atomic E-state index is 0.125. The molecule has 2 rings (SSSR count). The molecule has 5 nitrogen and oxygen atoms in total. The predicted molar refractivity (Wildman–Crippen MR) is 64.6 cm³/mol. The van der Waals surface area contributed by atoms with Gasteiger partial charge in [0.25, 0.3) is 0 Å². The Morgan fingerprint density at radius 3 is 3.06 bits per heavy atom. The van der Waals surface area contributed by atoms with Crippen LogP contribution in [0.15, 0.2) is 5.38 Å². The Bertz CT molecular complexity index is 431. The molecule has 1 amide bonds. The zero-order valence-electron chi connectivity index (χ0n) is 9.48. The highest BCUT2D eigenvalue weighted by Crippen LogP contribution is 2.11. The standard InChI is InChI=1S/C11H14N4OS/c12-2-1-10-14-9(8-17-10)7-11(16)15-5-3-13-4-6-15/h8,13H,1,3-7H2. The van der Waals surface area contributed by atoms with Gasteiger partial charge in [-0.15, -0.1) is 11.3 Å². The van der Waals surface area contributed by atoms with E-state index in [1.807, 2.05) is 10.3 Å². The third-order valence-corrected chi connectivity index (χ3v) is 3.53. The van der Waals surface area contributed by atoms with Crippen LogP contribution in [0.5, 0.6) is 0 Å². The minimum Gasteiger partial charge on any atom is -0.340 e. The lowest BCUT2D eigenvalue weighted by Crippen LogP contribution is -2.46. The monoisotopic (exact) mass is 250 g/mol. The first-order chi connectivity index (χ1) is 8.29. The highest BCUT2D eigenvalue weighted by molar-refractivity contribution is 7.09. The van der Waals surface area contributed by atoms with Gasteiger partial charge in [-0.2, -0.15) is 5.26 Å². The van der Waals surface area contributed by atoms with Crippen LogP contribution in [0.3, 0.4) is 0 Å². The van der Waals surface area contributed by atoms with Gasteiger partial charge in [-0.25, -0.2) is 4.98 Å². The lowest BCUT2D eigenvalue weighted by atomic mass is 10.2. The highest BCUT2D eigenvalue weighted by atomic mass is 32.1. The fourth-order valence-electron chi connectivity index (χ4n) is 1.76. The maximum atomic E-state index is 11.9. The molecule has 0 aromatic carbocycles. The average Bonchev–Trinajstić information content (AvgIpc) is 2.78. The quantitative estimate of drug-likeness (QED) is 0.831. The summed E-state index contributed by atoms with van der Waals surface area (Å²) in [5.74, 6) is 0.125. The summed E-state index contributed by atoms with van der Waals surface area (Å²) in [6.07, 6.45) is 0.675. The number of rotatable bonds is 3. The zero-order valence-corrected chi connectivity index (χ0v) is 10.3. The summed E-state index contributed by atoms with van der Waals surface area (Å²) >= 11 is 1.45. The maximum Gasteiger partial charge on any atom is 0.228 e. The van der Waals surface area contributed by atoms with Crippen molar-refractivity contribution in [2.24, 2.45) is 0 Å². The van der Waals surface area contributed by atoms with E-state index in [4.69, 9.17) is 5.26 Å². The van der Waals surface area contributed by atoms with E-state index in [0.717, 1.165) is 36.9 Å². The van der Waals surface area contributed by atoms with Gasteiger partial charge in [0.15, 0.2) is 0 Å². The van der Waals surface area contributed by atoms with E-state index >= 15 is 0 Å². The number of aromatic nitrogens is 1. The van der Waals surface area contributed by atoms with Gasteiger partial charge in [-0.05, 0) is 0 Å². The van der Waals surface area contributed by atoms with Crippen LogP contribution >= 0.6 is 11.3 Å². The summed E-state index contributed by atoms with van der Waals surface area (Å²) in [5, 5.41) is 14.4. The molecule has 2 heterocycles. The molecular weight excluding hydrogens is 236 g/mol. The molecule has 0 spiro atoms. The van der Waals surface area contributed by atoms with E-state index in [0.29, 0.717) is 12.8 Å². The average molecular weight is 250 g/mol. The number of nitrogens with one attached hydrogen (secondary N) is 1. The number of nitriles is 1. The van der Waals surface area contributed by atoms with Gasteiger partial charge in [0.2, 0.25) is 5.91 Å². The molecule has 1 saturated heterocycles. The molecular formula is C11H14N4OS. The number of carbonyl (C=O) groups is 1. The van der Waals surface area contributed by atoms with Crippen molar-refractivity contribution in [1.82, 2.24) is 15.2 Å². The van der Waals surface area contributed by atoms with Crippen LogP contribution in [0.25, 0.3) is 0 Å². The molecule has 0 bridgehead atoms. The van der Waals surface area contributed by atoms with Crippen molar-refractivity contribution in [3.63, 3.8) is 0 Å². The van der Waals surface area contributed by atoms with Crippen LogP contribution in [-0.4, -0.2) is 42.0 Å². The molecule has 90 valence electrons. The molecule has 1 fully saturated rings. The van der Waals surface area contributed by atoms with Crippen LogP contribution in [0.2, 0.25) is 0 Å². The van der Waals surface area contributed by atoms with Gasteiger partial charge in [0.05, 0.1) is 24.6 Å². The Morgan fingerprint density at radius 2 is 2.35 bits per heavy atom. The van der Waals surface area contributed by atoms with E-state index in [-0.39, 0.29) is 5.91 Å². The number of thiazole rings is 1. The molecule has 17 heavy (non-hydrogen) atoms. The Balaban J connectivity index is 1.90. The maximum absolute atomic E-state index is 11.9. The first-order valence-corrected chi connectivity index (χ1v) is 6.46. The van der Waals surface area contributed by atoms with Crippen LogP contribution in [-0.2, 0) is 17.6 Å². The summed E-state index contributed by atoms with van der Waals surface area (Å²) in [6.45, 7) is 3.27. The fraction of sp³-hybridized carbons (Fsp3) is 0.545. The number of carbonyl (C=O) groups excluding carboxylic acids is 1. The van der Waals surface area contributed by atoms with Crippen molar-refractivity contribution in [3.05, 3.63) is 16.1 Å². The van der Waals surface area contributed by atoms with Crippen LogP contribution in [0.4, 0.5) is 0 Å². The molecule has 1 aromatic rings. The summed E-state index contributed by atoms with van der Waals surface area (Å²) in [6, 6.07) is 2.06. The molecule has 0 atom stereocenters. The third kappa shape index (κ3) is 3.25. The minimum absolute atomic E-state index is 0.125. The van der Waals surface area contributed by atoms with E-state index < -0.39 is 0 Å². The summed E-state index contributed by atoms with van der Waals surface area (Å²) in [7, 11) is 0. The molecule has 0 radical (unpaired) electrons. The Hall–Kier alpha value is -1.45. The van der Waals surface area contributed by atoms with Gasteiger partial charge in [0, 0.05) is 31.6 Å². The van der Waals surface area contributed by atoms with Crippen molar-refractivity contribution < 1.29 is 4.79 Å². The Kier molecular flexibility index (Phi) is 4.07. The second-order valence-electron chi connectivity index (χ2n) is 3.88. The SMILES string of the molecule is N#CCc1nc(CC(=O)N2CCNCC2)cs1. The molecule has 6 heteroatoms. The predicted octanol–water partition coefficient (Wildman–Crippen LogP) is 0.183. The molecule has 0 saturated carbocycles. The normalized spacial score (nSPS) is 15.6. The Morgan fingerprint density at radius 1 is 1.59 bits per heavy atom. The van der Waals surface area contributed by atoms with Gasteiger partial charge in [-0.1, -0.05) is 0 Å². The number of nitrogens with zero attached hydrogens (tertiary/aromatic N) is 3. The first kappa shape index (κ1) is 12.0. The van der Waals surface area contributed by atoms with Crippen molar-refractivity contribution in [2.75, 3.05) is 26.2 Å². The number of amides is 1. The molecule has 0 unspecified atom stereocenters. The number of piperazine rings is 1.